The summed E-state index contributed by atoms with van der Waals surface area (Å²) < 4.78 is 25.0. The van der Waals surface area contributed by atoms with Crippen molar-refractivity contribution in [1.29, 1.82) is 0 Å². The van der Waals surface area contributed by atoms with Crippen LogP contribution in [-0.2, 0) is 23.7 Å². The lowest BCUT2D eigenvalue weighted by atomic mass is 10.2. The second-order valence-electron chi connectivity index (χ2n) is 8.37. The normalized spacial score (nSPS) is 9.44. The van der Waals surface area contributed by atoms with E-state index in [1.807, 2.05) is 19.9 Å². The largest absolute Gasteiger partial charge is 0.465 e. The number of esters is 5. The van der Waals surface area contributed by atoms with Crippen LogP contribution in [0.15, 0.2) is 42.7 Å². The minimum absolute atomic E-state index is 0.162. The summed E-state index contributed by atoms with van der Waals surface area (Å²) >= 11 is 0. The van der Waals surface area contributed by atoms with Crippen LogP contribution < -0.4 is 5.84 Å². The van der Waals surface area contributed by atoms with Crippen LogP contribution in [0, 0.1) is 13.8 Å². The van der Waals surface area contributed by atoms with Crippen LogP contribution in [-0.4, -0.2) is 73.0 Å². The number of aromatic amines is 1. The van der Waals surface area contributed by atoms with Crippen LogP contribution in [0.3, 0.4) is 0 Å². The highest BCUT2D eigenvalue weighted by atomic mass is 16.5. The van der Waals surface area contributed by atoms with Gasteiger partial charge < -0.3 is 34.5 Å². The first-order valence-electron chi connectivity index (χ1n) is 14.4. The molecule has 0 unspecified atom stereocenters. The van der Waals surface area contributed by atoms with E-state index in [0.717, 1.165) is 4.68 Å². The number of rotatable bonds is 9. The van der Waals surface area contributed by atoms with E-state index in [4.69, 9.17) is 24.8 Å². The van der Waals surface area contributed by atoms with Crippen molar-refractivity contribution >= 4 is 29.8 Å². The van der Waals surface area contributed by atoms with E-state index in [9.17, 15) is 24.0 Å². The zero-order valence-corrected chi connectivity index (χ0v) is 27.5. The zero-order chi connectivity index (χ0) is 34.5. The minimum atomic E-state index is -0.553. The zero-order valence-electron chi connectivity index (χ0n) is 27.5. The lowest BCUT2D eigenvalue weighted by Gasteiger charge is -2.04. The maximum atomic E-state index is 11.6. The van der Waals surface area contributed by atoms with Gasteiger partial charge in [0.1, 0.15) is 5.69 Å². The highest BCUT2D eigenvalue weighted by Crippen LogP contribution is 2.17. The lowest BCUT2D eigenvalue weighted by molar-refractivity contribution is 0.0504. The van der Waals surface area contributed by atoms with E-state index in [-0.39, 0.29) is 30.4 Å². The van der Waals surface area contributed by atoms with Crippen LogP contribution in [0.5, 0.6) is 0 Å². The molecule has 2 heterocycles. The molecule has 13 nitrogen and oxygen atoms in total. The monoisotopic (exact) mass is 631 g/mol. The van der Waals surface area contributed by atoms with Gasteiger partial charge in [-0.3, -0.25) is 4.68 Å². The number of nitrogens with zero attached hydrogens (tertiary/aromatic N) is 1. The number of nitrogens with two attached hydrogens (primary N) is 1. The summed E-state index contributed by atoms with van der Waals surface area (Å²) in [6.45, 7) is 15.3. The van der Waals surface area contributed by atoms with Crippen LogP contribution >= 0.6 is 0 Å². The molecule has 0 spiro atoms. The van der Waals surface area contributed by atoms with Gasteiger partial charge in [-0.2, -0.15) is 0 Å². The van der Waals surface area contributed by atoms with E-state index in [1.165, 1.54) is 19.5 Å². The fourth-order valence-corrected chi connectivity index (χ4v) is 3.52. The van der Waals surface area contributed by atoms with Crippen molar-refractivity contribution in [3.05, 3.63) is 81.9 Å². The number of benzene rings is 1. The number of carbonyl (C=O) groups excluding carboxylic acids is 5. The van der Waals surface area contributed by atoms with Crippen molar-refractivity contribution in [3.63, 3.8) is 0 Å². The Labute approximate surface area is 263 Å². The summed E-state index contributed by atoms with van der Waals surface area (Å²) in [4.78, 5) is 59.6. The number of methoxy groups -OCH3 is 1. The number of aromatic nitrogens is 2. The number of nitrogens with one attached hydrogen (secondary N) is 1. The van der Waals surface area contributed by atoms with Crippen molar-refractivity contribution in [1.82, 2.24) is 9.66 Å². The fourth-order valence-electron chi connectivity index (χ4n) is 3.52. The number of carbonyl (C=O) groups is 5. The van der Waals surface area contributed by atoms with Gasteiger partial charge in [0.05, 0.1) is 50.2 Å². The topological polar surface area (TPSA) is 178 Å². The van der Waals surface area contributed by atoms with Gasteiger partial charge in [-0.05, 0) is 64.8 Å². The van der Waals surface area contributed by atoms with Gasteiger partial charge in [0, 0.05) is 12.4 Å². The molecule has 0 bridgehead atoms. The molecule has 0 aliphatic rings. The molecule has 0 atom stereocenters. The van der Waals surface area contributed by atoms with Crippen molar-refractivity contribution in [3.8, 4) is 0 Å². The van der Waals surface area contributed by atoms with Crippen LogP contribution in [0.4, 0.5) is 0 Å². The molecule has 3 rings (SSSR count). The summed E-state index contributed by atoms with van der Waals surface area (Å²) in [5, 5.41) is 0. The second-order valence-corrected chi connectivity index (χ2v) is 8.37. The molecular weight excluding hydrogens is 586 g/mol. The molecule has 248 valence electrons. The smallest absolute Gasteiger partial charge is 0.357 e. The van der Waals surface area contributed by atoms with Crippen LogP contribution in [0.25, 0.3) is 0 Å². The molecule has 45 heavy (non-hydrogen) atoms. The number of H-pyrrole nitrogens is 1. The summed E-state index contributed by atoms with van der Waals surface area (Å²) in [7, 11) is 1.37. The van der Waals surface area contributed by atoms with Crippen molar-refractivity contribution < 1.29 is 47.7 Å². The lowest BCUT2D eigenvalue weighted by Crippen LogP contribution is -2.18. The van der Waals surface area contributed by atoms with Gasteiger partial charge in [-0.25, -0.2) is 24.0 Å². The Morgan fingerprint density at radius 3 is 1.64 bits per heavy atom. The first-order valence-corrected chi connectivity index (χ1v) is 14.4. The molecule has 2 aromatic heterocycles. The van der Waals surface area contributed by atoms with Crippen LogP contribution in [0.2, 0.25) is 0 Å². The van der Waals surface area contributed by atoms with Gasteiger partial charge in [0.2, 0.25) is 0 Å². The summed E-state index contributed by atoms with van der Waals surface area (Å²) in [5.41, 5.74) is 2.70. The molecule has 0 saturated heterocycles. The predicted molar refractivity (Wildman–Crippen MR) is 168 cm³/mol. The molecule has 3 N–H and O–H groups in total. The van der Waals surface area contributed by atoms with Gasteiger partial charge in [0.15, 0.2) is 5.69 Å². The third-order valence-corrected chi connectivity index (χ3v) is 5.56. The number of hydrogen-bond acceptors (Lipinski definition) is 11. The van der Waals surface area contributed by atoms with E-state index in [0.29, 0.717) is 41.2 Å². The summed E-state index contributed by atoms with van der Waals surface area (Å²) in [6.07, 6.45) is 2.82. The van der Waals surface area contributed by atoms with Crippen molar-refractivity contribution in [2.45, 2.75) is 55.4 Å². The molecule has 0 aliphatic heterocycles. The summed E-state index contributed by atoms with van der Waals surface area (Å²) in [5.74, 6) is 3.37. The van der Waals surface area contributed by atoms with Gasteiger partial charge >= 0.3 is 29.8 Å². The Balaban J connectivity index is 0.000000646. The Hall–Kier alpha value is -5.07. The maximum absolute atomic E-state index is 11.6. The first kappa shape index (κ1) is 39.9. The van der Waals surface area contributed by atoms with Crippen molar-refractivity contribution in [2.24, 2.45) is 0 Å². The number of hydrogen-bond donors (Lipinski definition) is 2. The van der Waals surface area contributed by atoms with Crippen LogP contribution in [0.1, 0.15) is 105 Å². The minimum Gasteiger partial charge on any atom is -0.465 e. The Morgan fingerprint density at radius 2 is 1.16 bits per heavy atom. The van der Waals surface area contributed by atoms with E-state index >= 15 is 0 Å². The van der Waals surface area contributed by atoms with Gasteiger partial charge in [-0.15, -0.1) is 0 Å². The Bertz CT molecular complexity index is 1340. The molecule has 1 aromatic carbocycles. The third kappa shape index (κ3) is 12.2. The molecule has 0 aliphatic carbocycles. The van der Waals surface area contributed by atoms with E-state index in [2.05, 4.69) is 9.72 Å². The highest BCUT2D eigenvalue weighted by Gasteiger charge is 2.23. The standard InChI is InChI=1S/C11H16N2O4.C11H15NO4.C8H8O2.C2H6/c1-4-16-10(14)8-6-13(12)9(7(8)3)11(15)17-5-2;1-4-15-10(13)8-6-12-9(7(8)3)11(14)16-5-2;1-10-8(9)7-5-3-2-4-6-7;1-2/h6H,4-5,12H2,1-3H3;6,12H,4-5H2,1-3H3;2-6H,1H3;1-2H3. The molecular formula is C32H45N3O10. The molecule has 13 heteroatoms. The Morgan fingerprint density at radius 1 is 0.689 bits per heavy atom. The average Bonchev–Trinajstić information content (AvgIpc) is 3.57. The highest BCUT2D eigenvalue weighted by molar-refractivity contribution is 5.98. The molecule has 0 saturated carbocycles. The molecule has 0 radical (unpaired) electrons. The Kier molecular flexibility index (Phi) is 19.2. The van der Waals surface area contributed by atoms with E-state index < -0.39 is 23.9 Å². The second kappa shape index (κ2) is 21.6. The molecule has 0 amide bonds. The predicted octanol–water partition coefficient (Wildman–Crippen LogP) is 5.04. The quantitative estimate of drug-likeness (QED) is 0.184. The van der Waals surface area contributed by atoms with Crippen molar-refractivity contribution in [2.75, 3.05) is 39.4 Å². The SMILES string of the molecule is CC.CCOC(=O)c1c[nH]c(C(=O)OCC)c1C.CCOC(=O)c1cn(N)c(C(=O)OCC)c1C.COC(=O)c1ccccc1. The third-order valence-electron chi connectivity index (χ3n) is 5.56. The first-order chi connectivity index (χ1) is 21.5. The molecule has 0 fully saturated rings. The molecule has 3 aromatic rings. The van der Waals surface area contributed by atoms with E-state index in [1.54, 1.807) is 65.8 Å². The average molecular weight is 632 g/mol. The maximum Gasteiger partial charge on any atom is 0.357 e. The van der Waals surface area contributed by atoms with Gasteiger partial charge in [0.25, 0.3) is 0 Å². The summed E-state index contributed by atoms with van der Waals surface area (Å²) in [6, 6.07) is 8.88. The number of nitrogen functional groups attached to an aromatic ring is 1. The fraction of sp³-hybridized carbons (Fsp3) is 0.406. The number of ether oxygens (including phenoxy) is 5. The van der Waals surface area contributed by atoms with Gasteiger partial charge in [-0.1, -0.05) is 32.0 Å².